The molecule has 2 rings (SSSR count). The van der Waals surface area contributed by atoms with Crippen molar-refractivity contribution in [3.63, 3.8) is 0 Å². The summed E-state index contributed by atoms with van der Waals surface area (Å²) in [5.41, 5.74) is 3.52. The van der Waals surface area contributed by atoms with E-state index in [0.717, 1.165) is 29.7 Å². The molecule has 2 N–H and O–H groups in total. The Labute approximate surface area is 182 Å². The lowest BCUT2D eigenvalue weighted by Gasteiger charge is -2.14. The molecule has 2 amide bonds. The second-order valence-electron chi connectivity index (χ2n) is 6.78. The monoisotopic (exact) mass is 430 g/mol. The van der Waals surface area contributed by atoms with E-state index in [9.17, 15) is 14.4 Å². The summed E-state index contributed by atoms with van der Waals surface area (Å²) >= 11 is 5.80. The van der Waals surface area contributed by atoms with Crippen molar-refractivity contribution in [2.45, 2.75) is 46.0 Å². The Bertz CT molecular complexity index is 859. The van der Waals surface area contributed by atoms with Crippen molar-refractivity contribution in [3.05, 3.63) is 58.6 Å². The van der Waals surface area contributed by atoms with Crippen molar-refractivity contribution in [2.75, 3.05) is 17.2 Å². The maximum Gasteiger partial charge on any atom is 0.306 e. The normalized spacial score (nSPS) is 10.4. The van der Waals surface area contributed by atoms with Gasteiger partial charge in [0.05, 0.1) is 0 Å². The highest BCUT2D eigenvalue weighted by atomic mass is 35.5. The van der Waals surface area contributed by atoms with Gasteiger partial charge in [-0.3, -0.25) is 14.4 Å². The molecule has 0 aliphatic heterocycles. The lowest BCUT2D eigenvalue weighted by atomic mass is 10.0. The number of amides is 2. The molecule has 2 aromatic carbocycles. The standard InChI is InChI=1S/C23H27ClN2O4/c1-3-16-7-5-8-17(4-2)23(16)26-21(28)15-30-22(29)10-6-9-20(27)25-19-13-11-18(24)12-14-19/h5,7-8,11-14H,3-4,6,9-10,15H2,1-2H3,(H,25,27)(H,26,28). The maximum atomic E-state index is 12.2. The third-order valence-corrected chi connectivity index (χ3v) is 4.79. The van der Waals surface area contributed by atoms with Crippen LogP contribution in [-0.4, -0.2) is 24.4 Å². The van der Waals surface area contributed by atoms with Gasteiger partial charge in [0, 0.05) is 29.2 Å². The van der Waals surface area contributed by atoms with Crippen LogP contribution >= 0.6 is 11.6 Å². The largest absolute Gasteiger partial charge is 0.456 e. The van der Waals surface area contributed by atoms with E-state index >= 15 is 0 Å². The van der Waals surface area contributed by atoms with Crippen molar-refractivity contribution in [3.8, 4) is 0 Å². The number of anilines is 2. The third kappa shape index (κ3) is 7.52. The number of nitrogens with one attached hydrogen (secondary N) is 2. The van der Waals surface area contributed by atoms with Crippen LogP contribution in [0.3, 0.4) is 0 Å². The lowest BCUT2D eigenvalue weighted by molar-refractivity contribution is -0.147. The predicted octanol–water partition coefficient (Wildman–Crippen LogP) is 4.76. The number of esters is 1. The molecule has 0 saturated carbocycles. The van der Waals surface area contributed by atoms with Gasteiger partial charge >= 0.3 is 5.97 Å². The molecule has 0 unspecified atom stereocenters. The first-order valence-electron chi connectivity index (χ1n) is 10.0. The molecule has 2 aromatic rings. The van der Waals surface area contributed by atoms with Crippen LogP contribution < -0.4 is 10.6 Å². The second-order valence-corrected chi connectivity index (χ2v) is 7.21. The number of carbonyl (C=O) groups is 3. The van der Waals surface area contributed by atoms with Crippen LogP contribution in [-0.2, 0) is 32.0 Å². The molecule has 0 bridgehead atoms. The molecule has 0 fully saturated rings. The molecule has 30 heavy (non-hydrogen) atoms. The predicted molar refractivity (Wildman–Crippen MR) is 119 cm³/mol. The highest BCUT2D eigenvalue weighted by Gasteiger charge is 2.13. The molecule has 0 heterocycles. The van der Waals surface area contributed by atoms with Crippen LogP contribution in [0, 0.1) is 0 Å². The van der Waals surface area contributed by atoms with Crippen LogP contribution in [0.4, 0.5) is 11.4 Å². The van der Waals surface area contributed by atoms with Gasteiger partial charge in [0.25, 0.3) is 5.91 Å². The second kappa shape index (κ2) is 12.0. The van der Waals surface area contributed by atoms with Crippen molar-refractivity contribution in [1.29, 1.82) is 0 Å². The summed E-state index contributed by atoms with van der Waals surface area (Å²) in [5, 5.41) is 6.17. The minimum Gasteiger partial charge on any atom is -0.456 e. The lowest BCUT2D eigenvalue weighted by Crippen LogP contribution is -2.22. The van der Waals surface area contributed by atoms with Gasteiger partial charge in [-0.15, -0.1) is 0 Å². The Morgan fingerprint density at radius 3 is 2.10 bits per heavy atom. The molecule has 0 radical (unpaired) electrons. The molecular weight excluding hydrogens is 404 g/mol. The quantitative estimate of drug-likeness (QED) is 0.532. The van der Waals surface area contributed by atoms with Gasteiger partial charge in [-0.25, -0.2) is 0 Å². The smallest absolute Gasteiger partial charge is 0.306 e. The zero-order chi connectivity index (χ0) is 21.9. The molecule has 0 atom stereocenters. The van der Waals surface area contributed by atoms with Gasteiger partial charge in [-0.05, 0) is 54.7 Å². The molecule has 0 spiro atoms. The third-order valence-electron chi connectivity index (χ3n) is 4.54. The minimum absolute atomic E-state index is 0.0626. The summed E-state index contributed by atoms with van der Waals surface area (Å²) in [4.78, 5) is 36.0. The Morgan fingerprint density at radius 1 is 0.867 bits per heavy atom. The number of hydrogen-bond acceptors (Lipinski definition) is 4. The Hall–Kier alpha value is -2.86. The van der Waals surface area contributed by atoms with E-state index in [4.69, 9.17) is 16.3 Å². The van der Waals surface area contributed by atoms with Crippen molar-refractivity contribution >= 4 is 40.8 Å². The minimum atomic E-state index is -0.510. The zero-order valence-corrected chi connectivity index (χ0v) is 18.1. The highest BCUT2D eigenvalue weighted by molar-refractivity contribution is 6.30. The van der Waals surface area contributed by atoms with E-state index in [1.54, 1.807) is 24.3 Å². The molecule has 7 heteroatoms. The zero-order valence-electron chi connectivity index (χ0n) is 17.3. The van der Waals surface area contributed by atoms with E-state index < -0.39 is 5.97 Å². The van der Waals surface area contributed by atoms with E-state index in [2.05, 4.69) is 10.6 Å². The topological polar surface area (TPSA) is 84.5 Å². The van der Waals surface area contributed by atoms with Crippen LogP contribution in [0.1, 0.15) is 44.2 Å². The first-order chi connectivity index (χ1) is 14.4. The van der Waals surface area contributed by atoms with Crippen LogP contribution in [0.2, 0.25) is 5.02 Å². The number of ether oxygens (including phenoxy) is 1. The summed E-state index contributed by atoms with van der Waals surface area (Å²) in [7, 11) is 0. The van der Waals surface area contributed by atoms with Crippen LogP contribution in [0.5, 0.6) is 0 Å². The van der Waals surface area contributed by atoms with Gasteiger partial charge in [-0.1, -0.05) is 43.6 Å². The van der Waals surface area contributed by atoms with Crippen molar-refractivity contribution in [2.24, 2.45) is 0 Å². The van der Waals surface area contributed by atoms with E-state index in [-0.39, 0.29) is 31.3 Å². The number of hydrogen-bond donors (Lipinski definition) is 2. The van der Waals surface area contributed by atoms with Gasteiger partial charge in [0.2, 0.25) is 5.91 Å². The molecule has 0 aliphatic rings. The fourth-order valence-corrected chi connectivity index (χ4v) is 3.07. The number of halogens is 1. The maximum absolute atomic E-state index is 12.2. The van der Waals surface area contributed by atoms with Gasteiger partial charge < -0.3 is 15.4 Å². The molecular formula is C23H27ClN2O4. The van der Waals surface area contributed by atoms with Crippen molar-refractivity contribution in [1.82, 2.24) is 0 Å². The van der Waals surface area contributed by atoms with E-state index in [0.29, 0.717) is 17.1 Å². The molecule has 0 aromatic heterocycles. The fourth-order valence-electron chi connectivity index (χ4n) is 2.95. The first kappa shape index (κ1) is 23.4. The number of benzene rings is 2. The highest BCUT2D eigenvalue weighted by Crippen LogP contribution is 2.22. The first-order valence-corrected chi connectivity index (χ1v) is 10.4. The SMILES string of the molecule is CCc1cccc(CC)c1NC(=O)COC(=O)CCCC(=O)Nc1ccc(Cl)cc1. The Kier molecular flexibility index (Phi) is 9.35. The summed E-state index contributed by atoms with van der Waals surface area (Å²) in [6.45, 7) is 3.69. The van der Waals surface area contributed by atoms with Gasteiger partial charge in [0.1, 0.15) is 0 Å². The van der Waals surface area contributed by atoms with Crippen molar-refractivity contribution < 1.29 is 19.1 Å². The fraction of sp³-hybridized carbons (Fsp3) is 0.348. The van der Waals surface area contributed by atoms with Gasteiger partial charge in [-0.2, -0.15) is 0 Å². The molecule has 0 saturated heterocycles. The molecule has 160 valence electrons. The Morgan fingerprint density at radius 2 is 1.50 bits per heavy atom. The number of carbonyl (C=O) groups excluding carboxylic acids is 3. The number of rotatable bonds is 10. The van der Waals surface area contributed by atoms with E-state index in [1.165, 1.54) is 0 Å². The molecule has 6 nitrogen and oxygen atoms in total. The number of para-hydroxylation sites is 1. The summed E-state index contributed by atoms with van der Waals surface area (Å²) in [6, 6.07) is 12.7. The summed E-state index contributed by atoms with van der Waals surface area (Å²) in [6.07, 6.45) is 2.15. The number of aryl methyl sites for hydroxylation is 2. The van der Waals surface area contributed by atoms with Crippen LogP contribution in [0.25, 0.3) is 0 Å². The van der Waals surface area contributed by atoms with Gasteiger partial charge in [0.15, 0.2) is 6.61 Å². The molecule has 0 aliphatic carbocycles. The van der Waals surface area contributed by atoms with E-state index in [1.807, 2.05) is 32.0 Å². The summed E-state index contributed by atoms with van der Waals surface area (Å²) < 4.78 is 5.04. The van der Waals surface area contributed by atoms with Crippen LogP contribution in [0.15, 0.2) is 42.5 Å². The Balaban J connectivity index is 1.71. The summed E-state index contributed by atoms with van der Waals surface area (Å²) in [5.74, 6) is -1.09. The average Bonchev–Trinajstić information content (AvgIpc) is 2.74. The average molecular weight is 431 g/mol.